The molecule has 0 radical (unpaired) electrons. The highest BCUT2D eigenvalue weighted by Crippen LogP contribution is 2.18. The van der Waals surface area contributed by atoms with Crippen molar-refractivity contribution in [1.82, 2.24) is 4.90 Å². The van der Waals surface area contributed by atoms with Gasteiger partial charge < -0.3 is 5.73 Å². The zero-order valence-corrected chi connectivity index (χ0v) is 13.9. The summed E-state index contributed by atoms with van der Waals surface area (Å²) in [7, 11) is 1.95. The molecule has 0 unspecified atom stereocenters. The molecule has 2 N–H and O–H groups in total. The van der Waals surface area contributed by atoms with E-state index in [4.69, 9.17) is 5.73 Å². The summed E-state index contributed by atoms with van der Waals surface area (Å²) in [6, 6.07) is 24.3. The van der Waals surface area contributed by atoms with Crippen molar-refractivity contribution < 1.29 is 4.79 Å². The van der Waals surface area contributed by atoms with Crippen molar-refractivity contribution >= 4 is 16.7 Å². The van der Waals surface area contributed by atoms with Crippen LogP contribution >= 0.6 is 0 Å². The minimum Gasteiger partial charge on any atom is -0.368 e. The van der Waals surface area contributed by atoms with E-state index in [2.05, 4.69) is 42.5 Å². The van der Waals surface area contributed by atoms with Crippen LogP contribution in [0.1, 0.15) is 11.1 Å². The van der Waals surface area contributed by atoms with E-state index in [1.54, 1.807) is 0 Å². The molecule has 1 amide bonds. The highest BCUT2D eigenvalue weighted by molar-refractivity contribution is 5.84. The molecule has 0 aliphatic rings. The van der Waals surface area contributed by atoms with Crippen molar-refractivity contribution in [3.63, 3.8) is 0 Å². The highest BCUT2D eigenvalue weighted by atomic mass is 16.1. The van der Waals surface area contributed by atoms with Gasteiger partial charge in [-0.1, -0.05) is 72.8 Å². The first-order valence-electron chi connectivity index (χ1n) is 8.14. The first-order valence-corrected chi connectivity index (χ1v) is 8.14. The molecule has 3 aromatic carbocycles. The van der Waals surface area contributed by atoms with Gasteiger partial charge in [0.1, 0.15) is 0 Å². The van der Waals surface area contributed by atoms with E-state index in [1.165, 1.54) is 16.3 Å². The second-order valence-electron chi connectivity index (χ2n) is 6.20. The van der Waals surface area contributed by atoms with Gasteiger partial charge in [-0.3, -0.25) is 9.69 Å². The summed E-state index contributed by atoms with van der Waals surface area (Å²) in [6.07, 6.45) is 0.615. The van der Waals surface area contributed by atoms with E-state index in [1.807, 2.05) is 42.3 Å². The Labute approximate surface area is 142 Å². The normalized spacial score (nSPS) is 12.4. The molecule has 0 aliphatic heterocycles. The third-order valence-electron chi connectivity index (χ3n) is 4.38. The maximum absolute atomic E-state index is 12.0. The summed E-state index contributed by atoms with van der Waals surface area (Å²) >= 11 is 0. The Morgan fingerprint density at radius 1 is 0.917 bits per heavy atom. The van der Waals surface area contributed by atoms with Crippen LogP contribution in [0.25, 0.3) is 10.8 Å². The molecule has 0 aromatic heterocycles. The molecule has 0 saturated heterocycles. The second-order valence-corrected chi connectivity index (χ2v) is 6.20. The molecule has 1 atom stereocenters. The van der Waals surface area contributed by atoms with Crippen LogP contribution in [0.2, 0.25) is 0 Å². The Morgan fingerprint density at radius 3 is 2.29 bits per heavy atom. The molecule has 3 nitrogen and oxygen atoms in total. The first-order chi connectivity index (χ1) is 11.6. The molecule has 0 spiro atoms. The fourth-order valence-corrected chi connectivity index (χ4v) is 3.04. The van der Waals surface area contributed by atoms with Gasteiger partial charge in [0.2, 0.25) is 5.91 Å². The Morgan fingerprint density at radius 2 is 1.58 bits per heavy atom. The van der Waals surface area contributed by atoms with Crippen molar-refractivity contribution in [2.75, 3.05) is 7.05 Å². The van der Waals surface area contributed by atoms with Crippen LogP contribution in [0.5, 0.6) is 0 Å². The van der Waals surface area contributed by atoms with Crippen LogP contribution in [0.15, 0.2) is 72.8 Å². The molecular weight excluding hydrogens is 296 g/mol. The van der Waals surface area contributed by atoms with Crippen LogP contribution in [0, 0.1) is 0 Å². The maximum Gasteiger partial charge on any atom is 0.235 e. The van der Waals surface area contributed by atoms with E-state index < -0.39 is 0 Å². The number of hydrogen-bond donors (Lipinski definition) is 1. The number of benzene rings is 3. The average molecular weight is 318 g/mol. The summed E-state index contributed by atoms with van der Waals surface area (Å²) < 4.78 is 0. The lowest BCUT2D eigenvalue weighted by molar-refractivity contribution is -0.122. The summed E-state index contributed by atoms with van der Waals surface area (Å²) in [5.74, 6) is -0.290. The molecule has 0 fully saturated rings. The van der Waals surface area contributed by atoms with Gasteiger partial charge in [-0.15, -0.1) is 0 Å². The van der Waals surface area contributed by atoms with Crippen LogP contribution in [-0.2, 0) is 17.8 Å². The Hall–Kier alpha value is -2.65. The first kappa shape index (κ1) is 16.2. The number of carbonyl (C=O) groups is 1. The maximum atomic E-state index is 12.0. The number of carbonyl (C=O) groups excluding carboxylic acids is 1. The lowest BCUT2D eigenvalue weighted by Gasteiger charge is -2.25. The van der Waals surface area contributed by atoms with Crippen molar-refractivity contribution in [3.05, 3.63) is 83.9 Å². The van der Waals surface area contributed by atoms with Gasteiger partial charge in [-0.2, -0.15) is 0 Å². The predicted molar refractivity (Wildman–Crippen MR) is 98.5 cm³/mol. The van der Waals surface area contributed by atoms with Crippen LogP contribution in [0.3, 0.4) is 0 Å². The standard InChI is InChI=1S/C21H22N2O/c1-23(15-16-7-3-2-4-8-16)20(21(22)24)14-17-11-12-18-9-5-6-10-19(18)13-17/h2-13,20H,14-15H2,1H3,(H2,22,24)/t20-/m0/s1. The number of rotatable bonds is 6. The topological polar surface area (TPSA) is 46.3 Å². The number of nitrogens with zero attached hydrogens (tertiary/aromatic N) is 1. The van der Waals surface area contributed by atoms with Gasteiger partial charge in [-0.05, 0) is 35.4 Å². The van der Waals surface area contributed by atoms with Crippen molar-refractivity contribution in [2.24, 2.45) is 5.73 Å². The number of likely N-dealkylation sites (N-methyl/N-ethyl adjacent to an activating group) is 1. The van der Waals surface area contributed by atoms with Gasteiger partial charge in [0, 0.05) is 6.54 Å². The minimum atomic E-state index is -0.327. The summed E-state index contributed by atoms with van der Waals surface area (Å²) in [5, 5.41) is 2.39. The van der Waals surface area contributed by atoms with E-state index >= 15 is 0 Å². The van der Waals surface area contributed by atoms with Gasteiger partial charge >= 0.3 is 0 Å². The lowest BCUT2D eigenvalue weighted by atomic mass is 10.0. The molecule has 3 heteroatoms. The molecule has 0 bridgehead atoms. The third-order valence-corrected chi connectivity index (χ3v) is 4.38. The van der Waals surface area contributed by atoms with Gasteiger partial charge in [0.05, 0.1) is 6.04 Å². The molecule has 24 heavy (non-hydrogen) atoms. The third kappa shape index (κ3) is 3.81. The molecule has 122 valence electrons. The molecule has 3 rings (SSSR count). The molecule has 0 heterocycles. The quantitative estimate of drug-likeness (QED) is 0.757. The Kier molecular flexibility index (Phi) is 4.92. The zero-order valence-electron chi connectivity index (χ0n) is 13.9. The predicted octanol–water partition coefficient (Wildman–Crippen LogP) is 3.37. The van der Waals surface area contributed by atoms with Crippen molar-refractivity contribution in [2.45, 2.75) is 19.0 Å². The summed E-state index contributed by atoms with van der Waals surface area (Å²) in [5.41, 5.74) is 7.96. The van der Waals surface area contributed by atoms with Gasteiger partial charge in [0.15, 0.2) is 0 Å². The Bertz CT molecular complexity index is 829. The fourth-order valence-electron chi connectivity index (χ4n) is 3.04. The average Bonchev–Trinajstić information content (AvgIpc) is 2.60. The lowest BCUT2D eigenvalue weighted by Crippen LogP contribution is -2.43. The number of hydrogen-bond acceptors (Lipinski definition) is 2. The molecule has 0 saturated carbocycles. The number of fused-ring (bicyclic) bond motifs is 1. The van der Waals surface area contributed by atoms with Crippen LogP contribution in [-0.4, -0.2) is 23.9 Å². The van der Waals surface area contributed by atoms with Crippen molar-refractivity contribution in [3.8, 4) is 0 Å². The van der Waals surface area contributed by atoms with Gasteiger partial charge in [-0.25, -0.2) is 0 Å². The minimum absolute atomic E-state index is 0.290. The van der Waals surface area contributed by atoms with E-state index in [-0.39, 0.29) is 11.9 Å². The molecule has 3 aromatic rings. The van der Waals surface area contributed by atoms with Crippen LogP contribution < -0.4 is 5.73 Å². The molecular formula is C21H22N2O. The molecule has 0 aliphatic carbocycles. The SMILES string of the molecule is CN(Cc1ccccc1)[C@@H](Cc1ccc2ccccc2c1)C(N)=O. The zero-order chi connectivity index (χ0) is 16.9. The number of primary amides is 1. The number of amides is 1. The summed E-state index contributed by atoms with van der Waals surface area (Å²) in [6.45, 7) is 0.696. The Balaban J connectivity index is 1.78. The summed E-state index contributed by atoms with van der Waals surface area (Å²) in [4.78, 5) is 14.0. The van der Waals surface area contributed by atoms with Gasteiger partial charge in [0.25, 0.3) is 0 Å². The van der Waals surface area contributed by atoms with E-state index in [0.717, 1.165) is 5.56 Å². The van der Waals surface area contributed by atoms with E-state index in [9.17, 15) is 4.79 Å². The fraction of sp³-hybridized carbons (Fsp3) is 0.190. The van der Waals surface area contributed by atoms with Crippen molar-refractivity contribution in [1.29, 1.82) is 0 Å². The number of nitrogens with two attached hydrogens (primary N) is 1. The second kappa shape index (κ2) is 7.28. The van der Waals surface area contributed by atoms with E-state index in [0.29, 0.717) is 13.0 Å². The van der Waals surface area contributed by atoms with Crippen LogP contribution in [0.4, 0.5) is 0 Å². The largest absolute Gasteiger partial charge is 0.368 e. The highest BCUT2D eigenvalue weighted by Gasteiger charge is 2.21. The monoisotopic (exact) mass is 318 g/mol. The smallest absolute Gasteiger partial charge is 0.235 e.